The van der Waals surface area contributed by atoms with Crippen molar-refractivity contribution in [2.24, 2.45) is 0 Å². The number of amides is 4. The molecular formula is C22H16N2O4. The first kappa shape index (κ1) is 17.5. The molecule has 0 radical (unpaired) electrons. The zero-order valence-corrected chi connectivity index (χ0v) is 15.0. The first-order chi connectivity index (χ1) is 13.6. The summed E-state index contributed by atoms with van der Waals surface area (Å²) >= 11 is 0. The average Bonchev–Trinajstić information content (AvgIpc) is 2.71. The SMILES string of the molecule is COc1ccc(/C=C2\C(=O)NC(=O)N(c3cccc4ccccc34)C2=O)cc1. The second kappa shape index (κ2) is 7.00. The van der Waals surface area contributed by atoms with Gasteiger partial charge in [-0.15, -0.1) is 0 Å². The van der Waals surface area contributed by atoms with Crippen LogP contribution in [-0.4, -0.2) is 25.0 Å². The third-order valence-corrected chi connectivity index (χ3v) is 4.54. The first-order valence-electron chi connectivity index (χ1n) is 8.62. The number of urea groups is 1. The minimum Gasteiger partial charge on any atom is -0.497 e. The Bertz CT molecular complexity index is 1130. The number of carbonyl (C=O) groups excluding carboxylic acids is 3. The van der Waals surface area contributed by atoms with Gasteiger partial charge in [-0.2, -0.15) is 0 Å². The fraction of sp³-hybridized carbons (Fsp3) is 0.0455. The van der Waals surface area contributed by atoms with Crippen LogP contribution < -0.4 is 15.0 Å². The zero-order chi connectivity index (χ0) is 19.7. The van der Waals surface area contributed by atoms with Crippen molar-refractivity contribution in [2.75, 3.05) is 12.0 Å². The lowest BCUT2D eigenvalue weighted by molar-refractivity contribution is -0.122. The van der Waals surface area contributed by atoms with Crippen LogP contribution in [0.25, 0.3) is 16.8 Å². The molecule has 0 unspecified atom stereocenters. The Kier molecular flexibility index (Phi) is 4.37. The van der Waals surface area contributed by atoms with Crippen LogP contribution >= 0.6 is 0 Å². The van der Waals surface area contributed by atoms with E-state index in [9.17, 15) is 14.4 Å². The van der Waals surface area contributed by atoms with Crippen molar-refractivity contribution >= 4 is 40.4 Å². The van der Waals surface area contributed by atoms with Gasteiger partial charge in [0.2, 0.25) is 0 Å². The van der Waals surface area contributed by atoms with Crippen molar-refractivity contribution in [1.82, 2.24) is 5.32 Å². The number of anilines is 1. The summed E-state index contributed by atoms with van der Waals surface area (Å²) in [4.78, 5) is 38.8. The number of nitrogens with zero attached hydrogens (tertiary/aromatic N) is 1. The quantitative estimate of drug-likeness (QED) is 0.564. The van der Waals surface area contributed by atoms with Crippen molar-refractivity contribution in [3.05, 3.63) is 77.9 Å². The maximum atomic E-state index is 13.1. The highest BCUT2D eigenvalue weighted by molar-refractivity contribution is 6.40. The highest BCUT2D eigenvalue weighted by Gasteiger charge is 2.37. The van der Waals surface area contributed by atoms with Crippen LogP contribution in [0.2, 0.25) is 0 Å². The van der Waals surface area contributed by atoms with Crippen molar-refractivity contribution in [3.8, 4) is 5.75 Å². The summed E-state index contributed by atoms with van der Waals surface area (Å²) in [5.41, 5.74) is 0.956. The molecular weight excluding hydrogens is 356 g/mol. The van der Waals surface area contributed by atoms with E-state index >= 15 is 0 Å². The summed E-state index contributed by atoms with van der Waals surface area (Å²) in [6, 6.07) is 18.9. The Hall–Kier alpha value is -3.93. The number of carbonyl (C=O) groups is 3. The molecule has 28 heavy (non-hydrogen) atoms. The number of hydrogen-bond acceptors (Lipinski definition) is 4. The average molecular weight is 372 g/mol. The number of imide groups is 2. The molecule has 1 heterocycles. The van der Waals surface area contributed by atoms with Gasteiger partial charge in [0.25, 0.3) is 11.8 Å². The summed E-state index contributed by atoms with van der Waals surface area (Å²) in [5, 5.41) is 3.88. The number of nitrogens with one attached hydrogen (secondary N) is 1. The third-order valence-electron chi connectivity index (χ3n) is 4.54. The van der Waals surface area contributed by atoms with Gasteiger partial charge in [0.05, 0.1) is 12.8 Å². The highest BCUT2D eigenvalue weighted by Crippen LogP contribution is 2.29. The number of ether oxygens (including phenoxy) is 1. The van der Waals surface area contributed by atoms with E-state index in [-0.39, 0.29) is 5.57 Å². The van der Waals surface area contributed by atoms with E-state index in [4.69, 9.17) is 4.74 Å². The lowest BCUT2D eigenvalue weighted by Gasteiger charge is -2.27. The van der Waals surface area contributed by atoms with Crippen molar-refractivity contribution < 1.29 is 19.1 Å². The van der Waals surface area contributed by atoms with Crippen molar-refractivity contribution in [2.45, 2.75) is 0 Å². The van der Waals surface area contributed by atoms with Gasteiger partial charge in [0.1, 0.15) is 11.3 Å². The predicted molar refractivity (Wildman–Crippen MR) is 106 cm³/mol. The maximum Gasteiger partial charge on any atom is 0.335 e. The number of methoxy groups -OCH3 is 1. The van der Waals surface area contributed by atoms with E-state index in [1.165, 1.54) is 6.08 Å². The summed E-state index contributed by atoms with van der Waals surface area (Å²) in [7, 11) is 1.55. The molecule has 138 valence electrons. The fourth-order valence-corrected chi connectivity index (χ4v) is 3.15. The Labute approximate surface area is 161 Å². The van der Waals surface area contributed by atoms with Crippen LogP contribution in [0, 0.1) is 0 Å². The highest BCUT2D eigenvalue weighted by atomic mass is 16.5. The Morgan fingerprint density at radius 3 is 2.36 bits per heavy atom. The third kappa shape index (κ3) is 3.01. The molecule has 1 aliphatic heterocycles. The topological polar surface area (TPSA) is 75.7 Å². The molecule has 3 aromatic carbocycles. The number of fused-ring (bicyclic) bond motifs is 1. The maximum absolute atomic E-state index is 13.1. The van der Waals surface area contributed by atoms with E-state index in [0.29, 0.717) is 17.0 Å². The molecule has 0 spiro atoms. The lowest BCUT2D eigenvalue weighted by Crippen LogP contribution is -2.54. The van der Waals surface area contributed by atoms with Crippen LogP contribution in [0.1, 0.15) is 5.56 Å². The number of benzene rings is 3. The molecule has 0 atom stereocenters. The second-order valence-corrected chi connectivity index (χ2v) is 6.23. The van der Waals surface area contributed by atoms with Crippen molar-refractivity contribution in [1.29, 1.82) is 0 Å². The summed E-state index contributed by atoms with van der Waals surface area (Å²) in [6.45, 7) is 0. The van der Waals surface area contributed by atoms with E-state index in [0.717, 1.165) is 15.7 Å². The Balaban J connectivity index is 1.78. The Morgan fingerprint density at radius 1 is 0.893 bits per heavy atom. The molecule has 1 fully saturated rings. The monoisotopic (exact) mass is 372 g/mol. The molecule has 6 heteroatoms. The van der Waals surface area contributed by atoms with E-state index < -0.39 is 17.8 Å². The van der Waals surface area contributed by atoms with Gasteiger partial charge in [-0.05, 0) is 35.2 Å². The van der Waals surface area contributed by atoms with Crippen LogP contribution in [0.4, 0.5) is 10.5 Å². The number of barbiturate groups is 1. The van der Waals surface area contributed by atoms with Crippen LogP contribution in [-0.2, 0) is 9.59 Å². The molecule has 0 bridgehead atoms. The van der Waals surface area contributed by atoms with Gasteiger partial charge < -0.3 is 4.74 Å². The van der Waals surface area contributed by atoms with E-state index in [1.807, 2.05) is 30.3 Å². The minimum absolute atomic E-state index is 0.113. The molecule has 4 rings (SSSR count). The van der Waals surface area contributed by atoms with E-state index in [2.05, 4.69) is 5.32 Å². The molecule has 4 amide bonds. The Morgan fingerprint density at radius 2 is 1.61 bits per heavy atom. The van der Waals surface area contributed by atoms with E-state index in [1.54, 1.807) is 43.5 Å². The smallest absolute Gasteiger partial charge is 0.335 e. The lowest BCUT2D eigenvalue weighted by atomic mass is 10.0. The molecule has 0 aromatic heterocycles. The number of rotatable bonds is 3. The molecule has 1 N–H and O–H groups in total. The largest absolute Gasteiger partial charge is 0.497 e. The minimum atomic E-state index is -0.766. The summed E-state index contributed by atoms with van der Waals surface area (Å²) in [6.07, 6.45) is 1.46. The number of hydrogen-bond donors (Lipinski definition) is 1. The van der Waals surface area contributed by atoms with Crippen LogP contribution in [0.5, 0.6) is 5.75 Å². The van der Waals surface area contributed by atoms with Gasteiger partial charge in [-0.25, -0.2) is 9.69 Å². The summed E-state index contributed by atoms with van der Waals surface area (Å²) in [5.74, 6) is -0.725. The second-order valence-electron chi connectivity index (χ2n) is 6.23. The molecule has 0 aliphatic carbocycles. The molecule has 0 saturated carbocycles. The standard InChI is InChI=1S/C22H16N2O4/c1-28-16-11-9-14(10-12-16)13-18-20(25)23-22(27)24(21(18)26)19-8-4-6-15-5-2-3-7-17(15)19/h2-13H,1H3,(H,23,25,27)/b18-13+. The summed E-state index contributed by atoms with van der Waals surface area (Å²) < 4.78 is 5.11. The molecule has 3 aromatic rings. The molecule has 1 aliphatic rings. The molecule has 6 nitrogen and oxygen atoms in total. The van der Waals surface area contributed by atoms with Gasteiger partial charge in [-0.3, -0.25) is 14.9 Å². The predicted octanol–water partition coefficient (Wildman–Crippen LogP) is 3.51. The van der Waals surface area contributed by atoms with Gasteiger partial charge in [0.15, 0.2) is 0 Å². The zero-order valence-electron chi connectivity index (χ0n) is 15.0. The fourth-order valence-electron chi connectivity index (χ4n) is 3.15. The van der Waals surface area contributed by atoms with Crippen molar-refractivity contribution in [3.63, 3.8) is 0 Å². The van der Waals surface area contributed by atoms with Gasteiger partial charge >= 0.3 is 6.03 Å². The van der Waals surface area contributed by atoms with Gasteiger partial charge in [0, 0.05) is 5.39 Å². The molecule has 1 saturated heterocycles. The normalized spacial score (nSPS) is 15.8. The van der Waals surface area contributed by atoms with Gasteiger partial charge in [-0.1, -0.05) is 48.5 Å². The van der Waals surface area contributed by atoms with Crippen LogP contribution in [0.15, 0.2) is 72.3 Å². The van der Waals surface area contributed by atoms with Crippen LogP contribution in [0.3, 0.4) is 0 Å². The first-order valence-corrected chi connectivity index (χ1v) is 8.62.